The third-order valence-corrected chi connectivity index (χ3v) is 2.76. The summed E-state index contributed by atoms with van der Waals surface area (Å²) in [6.45, 7) is 3.97. The lowest BCUT2D eigenvalue weighted by Crippen LogP contribution is -2.11. The van der Waals surface area contributed by atoms with E-state index in [0.717, 1.165) is 16.8 Å². The van der Waals surface area contributed by atoms with E-state index in [1.54, 1.807) is 12.1 Å². The van der Waals surface area contributed by atoms with Crippen molar-refractivity contribution in [2.24, 2.45) is 0 Å². The van der Waals surface area contributed by atoms with Gasteiger partial charge in [-0.15, -0.1) is 11.6 Å². The van der Waals surface area contributed by atoms with E-state index in [-0.39, 0.29) is 17.5 Å². The molecule has 0 aliphatic carbocycles. The van der Waals surface area contributed by atoms with Crippen molar-refractivity contribution in [1.29, 1.82) is 0 Å². The van der Waals surface area contributed by atoms with E-state index in [4.69, 9.17) is 16.0 Å². The monoisotopic (exact) mass is 263 g/mol. The molecule has 94 valence electrons. The molecule has 4 heteroatoms. The summed E-state index contributed by atoms with van der Waals surface area (Å²) in [5, 5.41) is 2.80. The van der Waals surface area contributed by atoms with Crippen molar-refractivity contribution in [3.05, 3.63) is 53.0 Å². The maximum absolute atomic E-state index is 11.9. The molecule has 1 amide bonds. The number of carbonyl (C=O) groups is 1. The summed E-state index contributed by atoms with van der Waals surface area (Å²) in [6, 6.07) is 9.19. The maximum Gasteiger partial charge on any atom is 0.291 e. The van der Waals surface area contributed by atoms with Crippen molar-refractivity contribution in [2.45, 2.75) is 19.7 Å². The number of hydrogen-bond acceptors (Lipinski definition) is 2. The Hall–Kier alpha value is -1.74. The third kappa shape index (κ3) is 2.93. The second-order valence-electron chi connectivity index (χ2n) is 4.23. The van der Waals surface area contributed by atoms with E-state index in [2.05, 4.69) is 5.32 Å². The Morgan fingerprint density at radius 3 is 2.44 bits per heavy atom. The summed E-state index contributed by atoms with van der Waals surface area (Å²) in [6.07, 6.45) is 0. The van der Waals surface area contributed by atoms with Gasteiger partial charge in [-0.05, 0) is 49.2 Å². The largest absolute Gasteiger partial charge is 0.455 e. The molecule has 1 aromatic carbocycles. The molecule has 1 heterocycles. The molecular weight excluding hydrogens is 250 g/mol. The first-order valence-electron chi connectivity index (χ1n) is 5.63. The summed E-state index contributed by atoms with van der Waals surface area (Å²) >= 11 is 5.62. The molecule has 0 spiro atoms. The minimum absolute atomic E-state index is 0.261. The van der Waals surface area contributed by atoms with E-state index >= 15 is 0 Å². The molecule has 1 N–H and O–H groups in total. The molecule has 0 aliphatic heterocycles. The van der Waals surface area contributed by atoms with Crippen molar-refractivity contribution in [2.75, 3.05) is 5.32 Å². The number of halogens is 1. The Labute approximate surface area is 111 Å². The van der Waals surface area contributed by atoms with E-state index in [0.29, 0.717) is 5.76 Å². The number of benzene rings is 1. The maximum atomic E-state index is 11.9. The second-order valence-corrected chi connectivity index (χ2v) is 4.50. The van der Waals surface area contributed by atoms with Gasteiger partial charge in [-0.1, -0.05) is 6.07 Å². The lowest BCUT2D eigenvalue weighted by atomic mass is 10.1. The first-order valence-corrected chi connectivity index (χ1v) is 6.16. The molecule has 0 radical (unpaired) electrons. The lowest BCUT2D eigenvalue weighted by Gasteiger charge is -2.05. The van der Waals surface area contributed by atoms with Crippen LogP contribution in [-0.2, 0) is 5.88 Å². The summed E-state index contributed by atoms with van der Waals surface area (Å²) in [4.78, 5) is 11.9. The standard InChI is InChI=1S/C14H14ClNO2/c1-9-5-10(2)7-11(6-9)16-14(17)13-4-3-12(8-15)18-13/h3-7H,8H2,1-2H3,(H,16,17). The molecule has 1 aromatic heterocycles. The highest BCUT2D eigenvalue weighted by Gasteiger charge is 2.11. The van der Waals surface area contributed by atoms with E-state index in [1.165, 1.54) is 0 Å². The average molecular weight is 264 g/mol. The number of carbonyl (C=O) groups excluding carboxylic acids is 1. The Morgan fingerprint density at radius 1 is 1.22 bits per heavy atom. The average Bonchev–Trinajstić information content (AvgIpc) is 2.75. The zero-order valence-electron chi connectivity index (χ0n) is 10.3. The number of hydrogen-bond donors (Lipinski definition) is 1. The van der Waals surface area contributed by atoms with Crippen LogP contribution in [0.15, 0.2) is 34.7 Å². The highest BCUT2D eigenvalue weighted by Crippen LogP contribution is 2.16. The molecule has 2 rings (SSSR count). The minimum atomic E-state index is -0.267. The lowest BCUT2D eigenvalue weighted by molar-refractivity contribution is 0.0995. The second kappa shape index (κ2) is 5.27. The van der Waals surface area contributed by atoms with Gasteiger partial charge in [0.05, 0.1) is 5.88 Å². The number of amides is 1. The van der Waals surface area contributed by atoms with Crippen molar-refractivity contribution >= 4 is 23.2 Å². The van der Waals surface area contributed by atoms with Gasteiger partial charge in [-0.2, -0.15) is 0 Å². The number of rotatable bonds is 3. The first kappa shape index (κ1) is 12.7. The molecule has 0 fully saturated rings. The smallest absolute Gasteiger partial charge is 0.291 e. The Bertz CT molecular complexity index is 555. The van der Waals surface area contributed by atoms with E-state index in [1.807, 2.05) is 32.0 Å². The van der Waals surface area contributed by atoms with Crippen LogP contribution in [0.4, 0.5) is 5.69 Å². The summed E-state index contributed by atoms with van der Waals surface area (Å²) in [5.41, 5.74) is 2.97. The van der Waals surface area contributed by atoms with Crippen LogP contribution in [0, 0.1) is 13.8 Å². The van der Waals surface area contributed by atoms with Gasteiger partial charge >= 0.3 is 0 Å². The number of nitrogens with one attached hydrogen (secondary N) is 1. The number of aryl methyl sites for hydroxylation is 2. The number of furan rings is 1. The third-order valence-electron chi connectivity index (χ3n) is 2.50. The number of alkyl halides is 1. The summed E-state index contributed by atoms with van der Waals surface area (Å²) < 4.78 is 5.28. The fourth-order valence-electron chi connectivity index (χ4n) is 1.81. The van der Waals surface area contributed by atoms with Gasteiger partial charge in [0.25, 0.3) is 5.91 Å². The highest BCUT2D eigenvalue weighted by molar-refractivity contribution is 6.16. The quantitative estimate of drug-likeness (QED) is 0.854. The normalized spacial score (nSPS) is 10.4. The van der Waals surface area contributed by atoms with Crippen molar-refractivity contribution in [3.63, 3.8) is 0 Å². The topological polar surface area (TPSA) is 42.2 Å². The van der Waals surface area contributed by atoms with Crippen LogP contribution in [0.5, 0.6) is 0 Å². The van der Waals surface area contributed by atoms with Crippen LogP contribution < -0.4 is 5.32 Å². The predicted octanol–water partition coefficient (Wildman–Crippen LogP) is 3.89. The van der Waals surface area contributed by atoms with Gasteiger partial charge < -0.3 is 9.73 Å². The van der Waals surface area contributed by atoms with Gasteiger partial charge in [0.1, 0.15) is 5.76 Å². The van der Waals surface area contributed by atoms with Crippen LogP contribution in [0.25, 0.3) is 0 Å². The summed E-state index contributed by atoms with van der Waals surface area (Å²) in [5.74, 6) is 0.847. The van der Waals surface area contributed by atoms with Crippen molar-refractivity contribution < 1.29 is 9.21 Å². The van der Waals surface area contributed by atoms with E-state index in [9.17, 15) is 4.79 Å². The fraction of sp³-hybridized carbons (Fsp3) is 0.214. The van der Waals surface area contributed by atoms with Crippen LogP contribution in [0.3, 0.4) is 0 Å². The van der Waals surface area contributed by atoms with Crippen molar-refractivity contribution in [1.82, 2.24) is 0 Å². The Morgan fingerprint density at radius 2 is 1.89 bits per heavy atom. The fourth-order valence-corrected chi connectivity index (χ4v) is 1.95. The zero-order chi connectivity index (χ0) is 13.1. The molecular formula is C14H14ClNO2. The molecule has 0 unspecified atom stereocenters. The van der Waals surface area contributed by atoms with Gasteiger partial charge in [-0.25, -0.2) is 0 Å². The van der Waals surface area contributed by atoms with Crippen LogP contribution in [-0.4, -0.2) is 5.91 Å². The van der Waals surface area contributed by atoms with Gasteiger partial charge in [0, 0.05) is 5.69 Å². The highest BCUT2D eigenvalue weighted by atomic mass is 35.5. The Kier molecular flexibility index (Phi) is 3.72. The summed E-state index contributed by atoms with van der Waals surface area (Å²) in [7, 11) is 0. The predicted molar refractivity (Wildman–Crippen MR) is 72.1 cm³/mol. The Balaban J connectivity index is 2.15. The van der Waals surface area contributed by atoms with Gasteiger partial charge in [0.2, 0.25) is 0 Å². The van der Waals surface area contributed by atoms with Gasteiger partial charge in [-0.3, -0.25) is 4.79 Å². The molecule has 0 saturated heterocycles. The molecule has 0 aliphatic rings. The molecule has 18 heavy (non-hydrogen) atoms. The molecule has 2 aromatic rings. The van der Waals surface area contributed by atoms with E-state index < -0.39 is 0 Å². The molecule has 3 nitrogen and oxygen atoms in total. The number of anilines is 1. The molecule has 0 atom stereocenters. The van der Waals surface area contributed by atoms with Crippen molar-refractivity contribution in [3.8, 4) is 0 Å². The van der Waals surface area contributed by atoms with Gasteiger partial charge in [0.15, 0.2) is 5.76 Å². The molecule has 0 saturated carbocycles. The van der Waals surface area contributed by atoms with Crippen LogP contribution in [0.1, 0.15) is 27.4 Å². The molecule has 0 bridgehead atoms. The van der Waals surface area contributed by atoms with Crippen LogP contribution in [0.2, 0.25) is 0 Å². The minimum Gasteiger partial charge on any atom is -0.455 e. The zero-order valence-corrected chi connectivity index (χ0v) is 11.0. The van der Waals surface area contributed by atoms with Crippen LogP contribution >= 0.6 is 11.6 Å². The SMILES string of the molecule is Cc1cc(C)cc(NC(=O)c2ccc(CCl)o2)c1. The first-order chi connectivity index (χ1) is 8.58.